The van der Waals surface area contributed by atoms with Gasteiger partial charge in [-0.3, -0.25) is 4.98 Å². The van der Waals surface area contributed by atoms with E-state index in [4.69, 9.17) is 11.8 Å². The van der Waals surface area contributed by atoms with Crippen molar-refractivity contribution >= 4 is 32.7 Å². The molecule has 0 aliphatic rings. The van der Waals surface area contributed by atoms with Crippen LogP contribution in [0.3, 0.4) is 0 Å². The van der Waals surface area contributed by atoms with Crippen LogP contribution < -0.4 is 4.84 Å². The molecule has 154 valence electrons. The van der Waals surface area contributed by atoms with Crippen LogP contribution in [-0.2, 0) is 16.6 Å². The highest BCUT2D eigenvalue weighted by Gasteiger charge is 2.21. The second kappa shape index (κ2) is 8.62. The van der Waals surface area contributed by atoms with E-state index < -0.39 is 10.0 Å². The van der Waals surface area contributed by atoms with E-state index in [-0.39, 0.29) is 23.8 Å². The fraction of sp³-hybridized carbons (Fsp3) is 0.250. The van der Waals surface area contributed by atoms with Gasteiger partial charge in [-0.25, -0.2) is 21.9 Å². The lowest BCUT2D eigenvalue weighted by Crippen LogP contribution is -2.22. The van der Waals surface area contributed by atoms with Crippen molar-refractivity contribution in [2.45, 2.75) is 18.4 Å². The first-order valence-corrected chi connectivity index (χ1v) is 10.7. The fourth-order valence-corrected chi connectivity index (χ4v) is 4.30. The number of hydrogen-bond donors (Lipinski definition) is 1. The summed E-state index contributed by atoms with van der Waals surface area (Å²) in [6, 6.07) is 8.62. The third kappa shape index (κ3) is 4.20. The van der Waals surface area contributed by atoms with Gasteiger partial charge in [0.1, 0.15) is 5.83 Å². The molecule has 0 unspecified atom stereocenters. The summed E-state index contributed by atoms with van der Waals surface area (Å²) in [4.78, 5) is 6.74. The van der Waals surface area contributed by atoms with Crippen molar-refractivity contribution in [1.29, 1.82) is 0 Å². The molecule has 0 saturated carbocycles. The van der Waals surface area contributed by atoms with E-state index in [0.29, 0.717) is 0 Å². The van der Waals surface area contributed by atoms with Crippen molar-refractivity contribution in [2.75, 3.05) is 20.6 Å². The molecule has 0 bridgehead atoms. The third-order valence-electron chi connectivity index (χ3n) is 4.74. The number of allylic oxidation sites excluding steroid dienone is 1. The summed E-state index contributed by atoms with van der Waals surface area (Å²) in [5.74, 6) is -0.336. The Morgan fingerprint density at radius 3 is 2.79 bits per heavy atom. The lowest BCUT2D eigenvalue weighted by atomic mass is 10.0. The highest BCUT2D eigenvalue weighted by Crippen LogP contribution is 2.35. The van der Waals surface area contributed by atoms with Crippen molar-refractivity contribution < 1.29 is 12.8 Å². The lowest BCUT2D eigenvalue weighted by molar-refractivity contribution is 0.521. The number of rotatable bonds is 7. The monoisotopic (exact) mass is 436 g/mol. The standard InChI is InChI=1S/C20H22ClFN4O2S/c1-14-20(15-5-4-6-17(11-15)29(27,28)25(2)3)18-8-9-23-12-19(18)26(14)13-16(22)7-10-24-21/h4-9,11-12,24H,10,13H2,1-3H3/b16-7-. The predicted molar refractivity (Wildman–Crippen MR) is 114 cm³/mol. The highest BCUT2D eigenvalue weighted by molar-refractivity contribution is 7.89. The lowest BCUT2D eigenvalue weighted by Gasteiger charge is -2.13. The number of aromatic nitrogens is 2. The Bertz CT molecular complexity index is 1170. The van der Waals surface area contributed by atoms with Crippen LogP contribution in [0, 0.1) is 6.92 Å². The summed E-state index contributed by atoms with van der Waals surface area (Å²) in [6.45, 7) is 2.12. The molecule has 3 aromatic rings. The first kappa shape index (κ1) is 21.4. The van der Waals surface area contributed by atoms with Crippen LogP contribution in [0.4, 0.5) is 4.39 Å². The minimum atomic E-state index is -3.57. The SMILES string of the molecule is Cc1c(-c2cccc(S(=O)(=O)N(C)C)c2)c2ccncc2n1C/C(F)=C/CNCl. The number of hydrogen-bond acceptors (Lipinski definition) is 4. The summed E-state index contributed by atoms with van der Waals surface area (Å²) >= 11 is 5.40. The Labute approximate surface area is 174 Å². The van der Waals surface area contributed by atoms with Gasteiger partial charge in [0.25, 0.3) is 0 Å². The van der Waals surface area contributed by atoms with Gasteiger partial charge in [-0.2, -0.15) is 0 Å². The van der Waals surface area contributed by atoms with Crippen LogP contribution in [0.25, 0.3) is 22.0 Å². The molecule has 0 fully saturated rings. The molecule has 0 saturated heterocycles. The van der Waals surface area contributed by atoms with Crippen LogP contribution in [0.1, 0.15) is 5.69 Å². The van der Waals surface area contributed by atoms with Crippen molar-refractivity contribution in [3.05, 3.63) is 60.3 Å². The number of nitrogens with one attached hydrogen (secondary N) is 1. The minimum Gasteiger partial charge on any atom is -0.336 e. The van der Waals surface area contributed by atoms with Gasteiger partial charge in [-0.15, -0.1) is 0 Å². The van der Waals surface area contributed by atoms with Crippen LogP contribution in [-0.4, -0.2) is 42.9 Å². The smallest absolute Gasteiger partial charge is 0.242 e. The number of benzene rings is 1. The number of sulfonamides is 1. The van der Waals surface area contributed by atoms with Gasteiger partial charge in [0, 0.05) is 43.5 Å². The average molecular weight is 437 g/mol. The van der Waals surface area contributed by atoms with Crippen LogP contribution >= 0.6 is 11.8 Å². The molecule has 0 amide bonds. The Balaban J connectivity index is 2.18. The highest BCUT2D eigenvalue weighted by atomic mass is 35.5. The zero-order chi connectivity index (χ0) is 21.2. The first-order valence-electron chi connectivity index (χ1n) is 8.91. The number of halogens is 2. The Hall–Kier alpha value is -2.26. The maximum absolute atomic E-state index is 14.3. The van der Waals surface area contributed by atoms with Crippen LogP contribution in [0.2, 0.25) is 0 Å². The summed E-state index contributed by atoms with van der Waals surface area (Å²) in [6.07, 6.45) is 4.72. The van der Waals surface area contributed by atoms with E-state index in [1.165, 1.54) is 24.5 Å². The van der Waals surface area contributed by atoms with Crippen LogP contribution in [0.5, 0.6) is 0 Å². The summed E-state index contributed by atoms with van der Waals surface area (Å²) < 4.78 is 42.4. The van der Waals surface area contributed by atoms with Crippen molar-refractivity contribution in [3.8, 4) is 11.1 Å². The molecular formula is C20H22ClFN4O2S. The van der Waals surface area contributed by atoms with Gasteiger partial charge in [-0.05, 0) is 48.5 Å². The fourth-order valence-electron chi connectivity index (χ4n) is 3.28. The zero-order valence-electron chi connectivity index (χ0n) is 16.4. The quantitative estimate of drug-likeness (QED) is 0.571. The molecule has 2 heterocycles. The van der Waals surface area contributed by atoms with Crippen molar-refractivity contribution in [1.82, 2.24) is 18.7 Å². The molecule has 29 heavy (non-hydrogen) atoms. The van der Waals surface area contributed by atoms with Gasteiger partial charge in [0.15, 0.2) is 0 Å². The van der Waals surface area contributed by atoms with Gasteiger partial charge in [0.05, 0.1) is 23.2 Å². The Kier molecular flexibility index (Phi) is 6.38. The van der Waals surface area contributed by atoms with Gasteiger partial charge < -0.3 is 4.57 Å². The molecule has 0 atom stereocenters. The molecule has 0 spiro atoms. The predicted octanol–water partition coefficient (Wildman–Crippen LogP) is 3.86. The third-order valence-corrected chi connectivity index (χ3v) is 6.70. The van der Waals surface area contributed by atoms with E-state index in [2.05, 4.69) is 9.82 Å². The molecule has 1 N–H and O–H groups in total. The summed E-state index contributed by atoms with van der Waals surface area (Å²) in [7, 11) is -0.579. The van der Waals surface area contributed by atoms with Crippen molar-refractivity contribution in [3.63, 3.8) is 0 Å². The van der Waals surface area contributed by atoms with Crippen molar-refractivity contribution in [2.24, 2.45) is 0 Å². The molecular weight excluding hydrogens is 415 g/mol. The van der Waals surface area contributed by atoms with Gasteiger partial charge in [0.2, 0.25) is 10.0 Å². The molecule has 3 rings (SSSR count). The van der Waals surface area contributed by atoms with Gasteiger partial charge in [-0.1, -0.05) is 12.1 Å². The normalized spacial score (nSPS) is 12.8. The molecule has 0 aliphatic carbocycles. The minimum absolute atomic E-state index is 0.0300. The summed E-state index contributed by atoms with van der Waals surface area (Å²) in [5.41, 5.74) is 3.17. The maximum Gasteiger partial charge on any atom is 0.242 e. The van der Waals surface area contributed by atoms with E-state index in [9.17, 15) is 12.8 Å². The first-order chi connectivity index (χ1) is 13.8. The van der Waals surface area contributed by atoms with E-state index in [1.54, 1.807) is 30.6 Å². The largest absolute Gasteiger partial charge is 0.336 e. The molecule has 2 aromatic heterocycles. The molecule has 9 heteroatoms. The Morgan fingerprint density at radius 2 is 2.10 bits per heavy atom. The average Bonchev–Trinajstić information content (AvgIpc) is 2.98. The zero-order valence-corrected chi connectivity index (χ0v) is 17.9. The number of pyridine rings is 1. The topological polar surface area (TPSA) is 67.2 Å². The second-order valence-electron chi connectivity index (χ2n) is 6.74. The van der Waals surface area contributed by atoms with E-state index >= 15 is 0 Å². The second-order valence-corrected chi connectivity index (χ2v) is 9.16. The Morgan fingerprint density at radius 1 is 1.34 bits per heavy atom. The molecule has 0 aliphatic heterocycles. The van der Waals surface area contributed by atoms with Crippen LogP contribution in [0.15, 0.2) is 59.5 Å². The molecule has 0 radical (unpaired) electrons. The number of fused-ring (bicyclic) bond motifs is 1. The number of nitrogens with zero attached hydrogens (tertiary/aromatic N) is 3. The van der Waals surface area contributed by atoms with E-state index in [1.807, 2.05) is 23.6 Å². The van der Waals surface area contributed by atoms with E-state index in [0.717, 1.165) is 27.7 Å². The molecule has 6 nitrogen and oxygen atoms in total. The summed E-state index contributed by atoms with van der Waals surface area (Å²) in [5, 5.41) is 0.875. The maximum atomic E-state index is 14.3. The van der Waals surface area contributed by atoms with Gasteiger partial charge >= 0.3 is 0 Å². The molecule has 1 aromatic carbocycles.